The van der Waals surface area contributed by atoms with Crippen LogP contribution in [0, 0.1) is 12.8 Å². The fourth-order valence-electron chi connectivity index (χ4n) is 4.48. The Kier molecular flexibility index (Phi) is 6.50. The number of amides is 1. The third kappa shape index (κ3) is 4.81. The molecular formula is C23H30N2O3S. The molecule has 6 heteroatoms. The summed E-state index contributed by atoms with van der Waals surface area (Å²) in [5, 5.41) is 10.9. The molecule has 1 fully saturated rings. The van der Waals surface area contributed by atoms with Crippen LogP contribution >= 0.6 is 11.3 Å². The number of fused-ring (bicyclic) bond motifs is 1. The maximum absolute atomic E-state index is 12.8. The Morgan fingerprint density at radius 1 is 1.34 bits per heavy atom. The molecule has 1 atom stereocenters. The molecular weight excluding hydrogens is 384 g/mol. The number of aryl methyl sites for hydroxylation is 2. The SMILES string of the molecule is Cc1ncsc1CCC(=O)N1CCOc2ccc(C(O)C3CCCCC3)cc2C1. The number of aromatic nitrogens is 1. The first-order valence-corrected chi connectivity index (χ1v) is 11.6. The van der Waals surface area contributed by atoms with Crippen molar-refractivity contribution in [3.63, 3.8) is 0 Å². The van der Waals surface area contributed by atoms with E-state index in [-0.39, 0.29) is 5.91 Å². The first-order valence-electron chi connectivity index (χ1n) is 10.7. The van der Waals surface area contributed by atoms with E-state index in [1.54, 1.807) is 11.3 Å². The molecule has 1 N–H and O–H groups in total. The molecule has 2 aromatic rings. The maximum atomic E-state index is 12.8. The van der Waals surface area contributed by atoms with Crippen molar-refractivity contribution in [1.82, 2.24) is 9.88 Å². The van der Waals surface area contributed by atoms with Gasteiger partial charge < -0.3 is 14.7 Å². The molecule has 0 saturated heterocycles. The molecule has 1 aromatic heterocycles. The van der Waals surface area contributed by atoms with Crippen LogP contribution in [0.5, 0.6) is 5.75 Å². The van der Waals surface area contributed by atoms with Crippen LogP contribution in [0.4, 0.5) is 0 Å². The van der Waals surface area contributed by atoms with Crippen molar-refractivity contribution in [3.05, 3.63) is 45.4 Å². The summed E-state index contributed by atoms with van der Waals surface area (Å²) in [6.07, 6.45) is 6.67. The van der Waals surface area contributed by atoms with Gasteiger partial charge in [-0.05, 0) is 49.8 Å². The lowest BCUT2D eigenvalue weighted by Gasteiger charge is -2.27. The first kappa shape index (κ1) is 20.4. The third-order valence-corrected chi connectivity index (χ3v) is 7.26. The highest BCUT2D eigenvalue weighted by molar-refractivity contribution is 7.09. The molecule has 1 aliphatic heterocycles. The lowest BCUT2D eigenvalue weighted by Crippen LogP contribution is -2.32. The van der Waals surface area contributed by atoms with Crippen molar-refractivity contribution in [1.29, 1.82) is 0 Å². The summed E-state index contributed by atoms with van der Waals surface area (Å²) >= 11 is 1.62. The standard InChI is InChI=1S/C23H30N2O3S/c1-16-21(29-15-24-16)9-10-22(26)25-11-12-28-20-8-7-18(13-19(20)14-25)23(27)17-5-3-2-4-6-17/h7-8,13,15,17,23,27H,2-6,9-12,14H2,1H3. The molecule has 1 aromatic carbocycles. The lowest BCUT2D eigenvalue weighted by atomic mass is 9.82. The van der Waals surface area contributed by atoms with Crippen molar-refractivity contribution in [2.75, 3.05) is 13.2 Å². The van der Waals surface area contributed by atoms with Gasteiger partial charge in [-0.3, -0.25) is 4.79 Å². The Hall–Kier alpha value is -1.92. The van der Waals surface area contributed by atoms with E-state index in [0.717, 1.165) is 41.8 Å². The number of aliphatic hydroxyl groups excluding tert-OH is 1. The van der Waals surface area contributed by atoms with Gasteiger partial charge in [0.1, 0.15) is 12.4 Å². The van der Waals surface area contributed by atoms with Crippen LogP contribution in [0.3, 0.4) is 0 Å². The zero-order valence-corrected chi connectivity index (χ0v) is 17.9. The van der Waals surface area contributed by atoms with Gasteiger partial charge in [0, 0.05) is 23.4 Å². The first-order chi connectivity index (χ1) is 14.1. The second-order valence-electron chi connectivity index (χ2n) is 8.23. The van der Waals surface area contributed by atoms with Crippen LogP contribution < -0.4 is 4.74 Å². The highest BCUT2D eigenvalue weighted by Crippen LogP contribution is 2.36. The minimum Gasteiger partial charge on any atom is -0.491 e. The Morgan fingerprint density at radius 3 is 2.93 bits per heavy atom. The number of carbonyl (C=O) groups excluding carboxylic acids is 1. The van der Waals surface area contributed by atoms with Gasteiger partial charge in [-0.25, -0.2) is 4.98 Å². The summed E-state index contributed by atoms with van der Waals surface area (Å²) in [5.41, 5.74) is 4.81. The molecule has 1 unspecified atom stereocenters. The predicted octanol–water partition coefficient (Wildman–Crippen LogP) is 4.42. The average Bonchev–Trinajstić information content (AvgIpc) is 3.04. The largest absolute Gasteiger partial charge is 0.491 e. The van der Waals surface area contributed by atoms with E-state index < -0.39 is 6.10 Å². The molecule has 0 radical (unpaired) electrons. The van der Waals surface area contributed by atoms with E-state index in [9.17, 15) is 9.90 Å². The van der Waals surface area contributed by atoms with Gasteiger partial charge in [0.2, 0.25) is 5.91 Å². The molecule has 4 rings (SSSR count). The van der Waals surface area contributed by atoms with E-state index in [1.807, 2.05) is 35.5 Å². The highest BCUT2D eigenvalue weighted by Gasteiger charge is 2.25. The molecule has 2 aliphatic rings. The quantitative estimate of drug-likeness (QED) is 0.787. The Labute approximate surface area is 176 Å². The second-order valence-corrected chi connectivity index (χ2v) is 9.17. The topological polar surface area (TPSA) is 62.7 Å². The van der Waals surface area contributed by atoms with Crippen LogP contribution in [0.25, 0.3) is 0 Å². The smallest absolute Gasteiger partial charge is 0.223 e. The number of thiazole rings is 1. The zero-order valence-electron chi connectivity index (χ0n) is 17.1. The van der Waals surface area contributed by atoms with Crippen molar-refractivity contribution >= 4 is 17.2 Å². The van der Waals surface area contributed by atoms with E-state index in [1.165, 1.54) is 24.1 Å². The number of benzene rings is 1. The van der Waals surface area contributed by atoms with Crippen LogP contribution in [-0.2, 0) is 17.8 Å². The molecule has 29 heavy (non-hydrogen) atoms. The molecule has 1 saturated carbocycles. The van der Waals surface area contributed by atoms with Gasteiger partial charge in [0.05, 0.1) is 23.9 Å². The minimum atomic E-state index is -0.428. The molecule has 1 aliphatic carbocycles. The van der Waals surface area contributed by atoms with Gasteiger partial charge in [0.15, 0.2) is 0 Å². The number of carbonyl (C=O) groups is 1. The van der Waals surface area contributed by atoms with Crippen molar-refractivity contribution in [3.8, 4) is 5.75 Å². The summed E-state index contributed by atoms with van der Waals surface area (Å²) in [4.78, 5) is 20.2. The van der Waals surface area contributed by atoms with E-state index in [4.69, 9.17) is 4.74 Å². The van der Waals surface area contributed by atoms with E-state index in [2.05, 4.69) is 4.98 Å². The summed E-state index contributed by atoms with van der Waals surface area (Å²) < 4.78 is 5.90. The number of rotatable bonds is 5. The van der Waals surface area contributed by atoms with Gasteiger partial charge in [-0.1, -0.05) is 25.3 Å². The predicted molar refractivity (Wildman–Crippen MR) is 114 cm³/mol. The number of aliphatic hydroxyl groups is 1. The normalized spacial score (nSPS) is 18.6. The summed E-state index contributed by atoms with van der Waals surface area (Å²) in [5.74, 6) is 1.32. The number of ether oxygens (including phenoxy) is 1. The lowest BCUT2D eigenvalue weighted by molar-refractivity contribution is -0.131. The number of nitrogens with zero attached hydrogens (tertiary/aromatic N) is 2. The monoisotopic (exact) mass is 414 g/mol. The molecule has 0 spiro atoms. The van der Waals surface area contributed by atoms with Crippen molar-refractivity contribution in [2.24, 2.45) is 5.92 Å². The van der Waals surface area contributed by atoms with E-state index >= 15 is 0 Å². The van der Waals surface area contributed by atoms with Crippen LogP contribution in [0.15, 0.2) is 23.7 Å². The Balaban J connectivity index is 1.44. The highest BCUT2D eigenvalue weighted by atomic mass is 32.1. The maximum Gasteiger partial charge on any atom is 0.223 e. The molecule has 1 amide bonds. The molecule has 0 bridgehead atoms. The summed E-state index contributed by atoms with van der Waals surface area (Å²) in [6.45, 7) is 3.63. The van der Waals surface area contributed by atoms with Crippen LogP contribution in [-0.4, -0.2) is 34.0 Å². The second kappa shape index (κ2) is 9.26. The van der Waals surface area contributed by atoms with Crippen molar-refractivity contribution in [2.45, 2.75) is 64.5 Å². The van der Waals surface area contributed by atoms with Crippen molar-refractivity contribution < 1.29 is 14.6 Å². The Morgan fingerprint density at radius 2 is 2.17 bits per heavy atom. The average molecular weight is 415 g/mol. The van der Waals surface area contributed by atoms with Gasteiger partial charge in [-0.2, -0.15) is 0 Å². The van der Waals surface area contributed by atoms with Gasteiger partial charge in [-0.15, -0.1) is 11.3 Å². The summed E-state index contributed by atoms with van der Waals surface area (Å²) in [7, 11) is 0. The summed E-state index contributed by atoms with van der Waals surface area (Å²) in [6, 6.07) is 6.00. The minimum absolute atomic E-state index is 0.146. The fraction of sp³-hybridized carbons (Fsp3) is 0.565. The molecule has 5 nitrogen and oxygen atoms in total. The third-order valence-electron chi connectivity index (χ3n) is 6.27. The van der Waals surface area contributed by atoms with Gasteiger partial charge in [0.25, 0.3) is 0 Å². The molecule has 2 heterocycles. The molecule has 156 valence electrons. The number of hydrogen-bond donors (Lipinski definition) is 1. The Bertz CT molecular complexity index is 844. The van der Waals surface area contributed by atoms with Gasteiger partial charge >= 0.3 is 0 Å². The fourth-order valence-corrected chi connectivity index (χ4v) is 5.26. The number of hydrogen-bond acceptors (Lipinski definition) is 5. The van der Waals surface area contributed by atoms with E-state index in [0.29, 0.717) is 32.0 Å². The zero-order chi connectivity index (χ0) is 20.2. The van der Waals surface area contributed by atoms with Crippen LogP contribution in [0.2, 0.25) is 0 Å². The van der Waals surface area contributed by atoms with Crippen LogP contribution in [0.1, 0.15) is 66.3 Å².